The lowest BCUT2D eigenvalue weighted by Crippen LogP contribution is -2.13. The van der Waals surface area contributed by atoms with Crippen LogP contribution in [-0.4, -0.2) is 84.1 Å². The molecule has 0 amide bonds. The smallest absolute Gasteiger partial charge is 0.228 e. The number of anilines is 4. The van der Waals surface area contributed by atoms with Crippen LogP contribution >= 0.6 is 0 Å². The standard InChI is InChI=1S/C53H58N18/c1-7-56-28-40(26-54)34-9-13-36(14-10-34)50-47-43(65-68(50)5)20-18-39-30-59-53(63-49(39)47)61-45-22-24-71(67-45)33(4)25-32(3)57-31-41(27-55)35-11-15-37(16-12-35)51-46-42(64-69(51)6)19-17-38-29-58-52(62-48(38)46)60-44-21-23-70(8-2)66-44/h9-16,21-24,26-33H,7-8,17-20,25,54-55H2,1-6H3,(H,58,60,62,66)(H,59,61,63,67)/b40-26+,41-27+,56-28?,57-31?. The van der Waals surface area contributed by atoms with E-state index in [-0.39, 0.29) is 12.1 Å². The third-order valence-electron chi connectivity index (χ3n) is 13.1. The number of benzene rings is 2. The minimum atomic E-state index is -0.0123. The Morgan fingerprint density at radius 1 is 0.662 bits per heavy atom. The molecule has 360 valence electrons. The molecule has 18 heteroatoms. The number of aromatic nitrogens is 12. The average Bonchev–Trinajstić information content (AvgIpc) is 4.20. The highest BCUT2D eigenvalue weighted by Gasteiger charge is 2.29. The van der Waals surface area contributed by atoms with Crippen LogP contribution in [0.2, 0.25) is 0 Å². The summed E-state index contributed by atoms with van der Waals surface area (Å²) in [6, 6.07) is 20.6. The van der Waals surface area contributed by atoms with Gasteiger partial charge < -0.3 is 22.1 Å². The fourth-order valence-electron chi connectivity index (χ4n) is 9.52. The first kappa shape index (κ1) is 46.2. The van der Waals surface area contributed by atoms with Gasteiger partial charge in [-0.15, -0.1) is 0 Å². The maximum absolute atomic E-state index is 6.22. The van der Waals surface area contributed by atoms with Gasteiger partial charge >= 0.3 is 0 Å². The first-order valence-corrected chi connectivity index (χ1v) is 24.2. The molecule has 6 aromatic heterocycles. The van der Waals surface area contributed by atoms with Crippen LogP contribution in [0.3, 0.4) is 0 Å². The van der Waals surface area contributed by atoms with Crippen LogP contribution in [0.15, 0.2) is 108 Å². The number of fused-ring (bicyclic) bond motifs is 6. The van der Waals surface area contributed by atoms with Gasteiger partial charge in [0.1, 0.15) is 0 Å². The van der Waals surface area contributed by atoms with Crippen LogP contribution in [0, 0.1) is 0 Å². The SMILES string of the molecule is CCN=C/C(=C\N)c1ccc(-c2c3c(nn2C)CCc2cnc(Nc4ccn(C(C)CC(C)N=C/C(=C\N)c5ccc(-c6c7c(nn6C)CCc6cnc(Nc8ccn(CC)n8)nc6-7)cc5)n4)nc2-3)cc1. The van der Waals surface area contributed by atoms with Gasteiger partial charge in [-0.3, -0.25) is 28.7 Å². The molecular weight excluding hydrogens is 889 g/mol. The molecule has 18 nitrogen and oxygen atoms in total. The highest BCUT2D eigenvalue weighted by Crippen LogP contribution is 2.41. The lowest BCUT2D eigenvalue weighted by atomic mass is 9.91. The lowest BCUT2D eigenvalue weighted by molar-refractivity contribution is 0.431. The van der Waals surface area contributed by atoms with E-state index in [2.05, 4.69) is 95.0 Å². The van der Waals surface area contributed by atoms with Crippen LogP contribution in [0.5, 0.6) is 0 Å². The van der Waals surface area contributed by atoms with Gasteiger partial charge in [0, 0.05) is 128 Å². The van der Waals surface area contributed by atoms with Crippen molar-refractivity contribution in [2.75, 3.05) is 17.2 Å². The number of nitrogens with two attached hydrogens (primary N) is 2. The molecule has 0 saturated heterocycles. The van der Waals surface area contributed by atoms with Crippen LogP contribution in [0.4, 0.5) is 23.5 Å². The lowest BCUT2D eigenvalue weighted by Gasteiger charge is -2.17. The third-order valence-corrected chi connectivity index (χ3v) is 13.1. The van der Waals surface area contributed by atoms with E-state index in [1.165, 1.54) is 0 Å². The Hall–Kier alpha value is -8.54. The summed E-state index contributed by atoms with van der Waals surface area (Å²) in [5.74, 6) is 2.33. The molecular formula is C53H58N18. The van der Waals surface area contributed by atoms with Gasteiger partial charge in [0.05, 0.1) is 40.2 Å². The van der Waals surface area contributed by atoms with Crippen molar-refractivity contribution in [1.82, 2.24) is 59.1 Å². The summed E-state index contributed by atoms with van der Waals surface area (Å²) in [7, 11) is 3.97. The Morgan fingerprint density at radius 2 is 1.18 bits per heavy atom. The largest absolute Gasteiger partial charge is 0.404 e. The number of hydrogen-bond acceptors (Lipinski definition) is 14. The van der Waals surface area contributed by atoms with Crippen molar-refractivity contribution in [3.05, 3.63) is 131 Å². The van der Waals surface area contributed by atoms with Gasteiger partial charge in [0.15, 0.2) is 11.6 Å². The Kier molecular flexibility index (Phi) is 12.9. The van der Waals surface area contributed by atoms with Crippen molar-refractivity contribution in [3.63, 3.8) is 0 Å². The number of nitrogens with one attached hydrogen (secondary N) is 2. The van der Waals surface area contributed by atoms with Crippen molar-refractivity contribution < 1.29 is 0 Å². The maximum atomic E-state index is 6.22. The minimum Gasteiger partial charge on any atom is -0.404 e. The predicted molar refractivity (Wildman–Crippen MR) is 281 cm³/mol. The van der Waals surface area contributed by atoms with Crippen molar-refractivity contribution in [2.24, 2.45) is 35.5 Å². The normalized spacial score (nSPS) is 14.3. The topological polar surface area (TPSA) is 224 Å². The summed E-state index contributed by atoms with van der Waals surface area (Å²) in [6.45, 7) is 9.77. The zero-order valence-corrected chi connectivity index (χ0v) is 40.9. The van der Waals surface area contributed by atoms with E-state index in [9.17, 15) is 0 Å². The quantitative estimate of drug-likeness (QED) is 0.0672. The molecule has 2 atom stereocenters. The minimum absolute atomic E-state index is 0.0123. The zero-order chi connectivity index (χ0) is 49.2. The molecule has 2 aromatic carbocycles. The fraction of sp³-hybridized carbons (Fsp3) is 0.283. The Balaban J connectivity index is 0.793. The second kappa shape index (κ2) is 19.8. The van der Waals surface area contributed by atoms with Gasteiger partial charge in [-0.25, -0.2) is 19.9 Å². The van der Waals surface area contributed by atoms with E-state index in [0.717, 1.165) is 128 Å². The van der Waals surface area contributed by atoms with Crippen LogP contribution in [0.25, 0.3) is 56.2 Å². The van der Waals surface area contributed by atoms with Crippen LogP contribution in [-0.2, 0) is 46.3 Å². The molecule has 0 radical (unpaired) electrons. The third kappa shape index (κ3) is 9.35. The fourth-order valence-corrected chi connectivity index (χ4v) is 9.52. The first-order valence-electron chi connectivity index (χ1n) is 24.2. The summed E-state index contributed by atoms with van der Waals surface area (Å²) < 4.78 is 7.71. The molecule has 6 heterocycles. The molecule has 0 fully saturated rings. The molecule has 2 aliphatic rings. The number of nitrogens with zero attached hydrogens (tertiary/aromatic N) is 14. The molecule has 10 rings (SSSR count). The van der Waals surface area contributed by atoms with Crippen LogP contribution in [0.1, 0.15) is 73.8 Å². The Labute approximate surface area is 412 Å². The number of allylic oxidation sites excluding steroid dienone is 2. The molecule has 0 saturated carbocycles. The monoisotopic (exact) mass is 947 g/mol. The first-order chi connectivity index (χ1) is 34.6. The van der Waals surface area contributed by atoms with E-state index >= 15 is 0 Å². The van der Waals surface area contributed by atoms with Gasteiger partial charge in [-0.05, 0) is 82.1 Å². The average molecular weight is 947 g/mol. The molecule has 0 aliphatic heterocycles. The summed E-state index contributed by atoms with van der Waals surface area (Å²) in [5, 5.41) is 25.9. The van der Waals surface area contributed by atoms with E-state index in [1.807, 2.05) is 89.1 Å². The highest BCUT2D eigenvalue weighted by atomic mass is 15.3. The van der Waals surface area contributed by atoms with Gasteiger partial charge in [0.25, 0.3) is 0 Å². The number of hydrogen-bond donors (Lipinski definition) is 4. The second-order valence-corrected chi connectivity index (χ2v) is 17.9. The number of aryl methyl sites for hydroxylation is 7. The Morgan fingerprint density at radius 3 is 1.69 bits per heavy atom. The van der Waals surface area contributed by atoms with Crippen molar-refractivity contribution >= 4 is 47.1 Å². The van der Waals surface area contributed by atoms with E-state index in [0.29, 0.717) is 30.1 Å². The molecule has 0 bridgehead atoms. The summed E-state index contributed by atoms with van der Waals surface area (Å²) >= 11 is 0. The molecule has 2 unspecified atom stereocenters. The van der Waals surface area contributed by atoms with Gasteiger partial charge in [-0.1, -0.05) is 48.5 Å². The van der Waals surface area contributed by atoms with Crippen molar-refractivity contribution in [3.8, 4) is 45.0 Å². The van der Waals surface area contributed by atoms with E-state index in [4.69, 9.17) is 46.7 Å². The van der Waals surface area contributed by atoms with E-state index < -0.39 is 0 Å². The molecule has 71 heavy (non-hydrogen) atoms. The van der Waals surface area contributed by atoms with Gasteiger partial charge in [-0.2, -0.15) is 20.4 Å². The molecule has 2 aliphatic carbocycles. The zero-order valence-electron chi connectivity index (χ0n) is 40.9. The predicted octanol–water partition coefficient (Wildman–Crippen LogP) is 8.30. The van der Waals surface area contributed by atoms with Gasteiger partial charge in [0.2, 0.25) is 11.9 Å². The number of rotatable bonds is 16. The molecule has 8 aromatic rings. The molecule has 6 N–H and O–H groups in total. The molecule has 0 spiro atoms. The van der Waals surface area contributed by atoms with Crippen LogP contribution < -0.4 is 22.1 Å². The van der Waals surface area contributed by atoms with E-state index in [1.54, 1.807) is 12.4 Å². The number of aliphatic imine (C=N–C) groups is 2. The summed E-state index contributed by atoms with van der Waals surface area (Å²) in [4.78, 5) is 28.7. The summed E-state index contributed by atoms with van der Waals surface area (Å²) in [6.07, 6.45) is 18.6. The van der Waals surface area contributed by atoms with Crippen molar-refractivity contribution in [1.29, 1.82) is 0 Å². The summed E-state index contributed by atoms with van der Waals surface area (Å²) in [5.41, 5.74) is 27.9. The maximum Gasteiger partial charge on any atom is 0.228 e. The Bertz CT molecular complexity index is 3340. The second-order valence-electron chi connectivity index (χ2n) is 17.9. The highest BCUT2D eigenvalue weighted by molar-refractivity contribution is 6.10. The van der Waals surface area contributed by atoms with Crippen molar-refractivity contribution in [2.45, 2.75) is 78.4 Å².